The van der Waals surface area contributed by atoms with Crippen molar-refractivity contribution in [1.29, 1.82) is 0 Å². The standard InChI is InChI=1S/C15H11ClN2O/c16-15-9-11(6-8-18-15)10-19-14-5-1-4-13-12(14)3-2-7-17-13/h1-9H,10H2. The van der Waals surface area contributed by atoms with Gasteiger partial charge in [-0.3, -0.25) is 4.98 Å². The number of ether oxygens (including phenoxy) is 1. The molecule has 2 aromatic heterocycles. The van der Waals surface area contributed by atoms with Crippen LogP contribution in [0.1, 0.15) is 5.56 Å². The first-order valence-corrected chi connectivity index (χ1v) is 6.28. The minimum absolute atomic E-state index is 0.455. The number of benzene rings is 1. The van der Waals surface area contributed by atoms with Crippen LogP contribution in [0.15, 0.2) is 54.9 Å². The maximum Gasteiger partial charge on any atom is 0.129 e. The second kappa shape index (κ2) is 5.24. The quantitative estimate of drug-likeness (QED) is 0.678. The van der Waals surface area contributed by atoms with E-state index in [4.69, 9.17) is 16.3 Å². The third kappa shape index (κ3) is 2.66. The number of hydrogen-bond donors (Lipinski definition) is 0. The Bertz CT molecular complexity index is 710. The van der Waals surface area contributed by atoms with Gasteiger partial charge < -0.3 is 4.74 Å². The predicted octanol–water partition coefficient (Wildman–Crippen LogP) is 3.86. The fraction of sp³-hybridized carbons (Fsp3) is 0.0667. The third-order valence-corrected chi connectivity index (χ3v) is 3.00. The molecule has 0 unspecified atom stereocenters. The molecule has 3 rings (SSSR count). The molecule has 0 fully saturated rings. The van der Waals surface area contributed by atoms with Crippen molar-refractivity contribution in [2.24, 2.45) is 0 Å². The summed E-state index contributed by atoms with van der Waals surface area (Å²) in [5, 5.41) is 1.48. The lowest BCUT2D eigenvalue weighted by Gasteiger charge is -2.09. The number of halogens is 1. The zero-order chi connectivity index (χ0) is 13.1. The van der Waals surface area contributed by atoms with Gasteiger partial charge in [0.15, 0.2) is 0 Å². The molecule has 19 heavy (non-hydrogen) atoms. The van der Waals surface area contributed by atoms with Crippen LogP contribution in [0.3, 0.4) is 0 Å². The highest BCUT2D eigenvalue weighted by Crippen LogP contribution is 2.24. The Morgan fingerprint density at radius 1 is 1.00 bits per heavy atom. The number of fused-ring (bicyclic) bond motifs is 1. The molecule has 1 aromatic carbocycles. The van der Waals surface area contributed by atoms with E-state index in [0.717, 1.165) is 22.2 Å². The zero-order valence-electron chi connectivity index (χ0n) is 10.1. The molecule has 0 bridgehead atoms. The second-order valence-electron chi connectivity index (χ2n) is 4.10. The van der Waals surface area contributed by atoms with Crippen molar-refractivity contribution in [2.45, 2.75) is 6.61 Å². The largest absolute Gasteiger partial charge is 0.488 e. The summed E-state index contributed by atoms with van der Waals surface area (Å²) >= 11 is 5.84. The Morgan fingerprint density at radius 2 is 1.95 bits per heavy atom. The fourth-order valence-corrected chi connectivity index (χ4v) is 2.09. The van der Waals surface area contributed by atoms with Crippen LogP contribution in [0, 0.1) is 0 Å². The van der Waals surface area contributed by atoms with Gasteiger partial charge in [0.05, 0.1) is 5.52 Å². The molecule has 0 saturated carbocycles. The summed E-state index contributed by atoms with van der Waals surface area (Å²) in [6, 6.07) is 13.4. The van der Waals surface area contributed by atoms with E-state index in [0.29, 0.717) is 11.8 Å². The molecule has 3 aromatic rings. The first-order chi connectivity index (χ1) is 9.33. The average Bonchev–Trinajstić information content (AvgIpc) is 2.45. The van der Waals surface area contributed by atoms with Crippen LogP contribution in [0.25, 0.3) is 10.9 Å². The average molecular weight is 271 g/mol. The maximum absolute atomic E-state index is 5.84. The molecule has 4 heteroatoms. The lowest BCUT2D eigenvalue weighted by molar-refractivity contribution is 0.310. The first-order valence-electron chi connectivity index (χ1n) is 5.90. The molecule has 0 N–H and O–H groups in total. The van der Waals surface area contributed by atoms with Crippen molar-refractivity contribution in [3.05, 3.63) is 65.6 Å². The number of pyridine rings is 2. The highest BCUT2D eigenvalue weighted by Gasteiger charge is 2.03. The molecule has 0 saturated heterocycles. The van der Waals surface area contributed by atoms with Gasteiger partial charge in [-0.25, -0.2) is 4.98 Å². The van der Waals surface area contributed by atoms with Crippen LogP contribution in [0.5, 0.6) is 5.75 Å². The van der Waals surface area contributed by atoms with Gasteiger partial charge in [-0.2, -0.15) is 0 Å². The van der Waals surface area contributed by atoms with E-state index in [1.807, 2.05) is 36.4 Å². The summed E-state index contributed by atoms with van der Waals surface area (Å²) < 4.78 is 5.83. The molecule has 2 heterocycles. The van der Waals surface area contributed by atoms with Gasteiger partial charge >= 0.3 is 0 Å². The van der Waals surface area contributed by atoms with E-state index in [2.05, 4.69) is 9.97 Å². The monoisotopic (exact) mass is 270 g/mol. The van der Waals surface area contributed by atoms with Crippen LogP contribution in [0.2, 0.25) is 5.15 Å². The van der Waals surface area contributed by atoms with Crippen molar-refractivity contribution in [2.75, 3.05) is 0 Å². The molecule has 0 aliphatic carbocycles. The van der Waals surface area contributed by atoms with Gasteiger partial charge in [-0.05, 0) is 42.0 Å². The number of hydrogen-bond acceptors (Lipinski definition) is 3. The minimum Gasteiger partial charge on any atom is -0.488 e. The Morgan fingerprint density at radius 3 is 2.84 bits per heavy atom. The Balaban J connectivity index is 1.86. The lowest BCUT2D eigenvalue weighted by atomic mass is 10.2. The van der Waals surface area contributed by atoms with E-state index >= 15 is 0 Å². The molecule has 94 valence electrons. The van der Waals surface area contributed by atoms with Crippen LogP contribution >= 0.6 is 11.6 Å². The fourth-order valence-electron chi connectivity index (χ4n) is 1.89. The van der Waals surface area contributed by atoms with Gasteiger partial charge in [0.25, 0.3) is 0 Å². The Hall–Kier alpha value is -2.13. The highest BCUT2D eigenvalue weighted by molar-refractivity contribution is 6.29. The summed E-state index contributed by atoms with van der Waals surface area (Å²) in [6.45, 7) is 0.455. The van der Waals surface area contributed by atoms with Crippen LogP contribution in [-0.4, -0.2) is 9.97 Å². The van der Waals surface area contributed by atoms with Crippen LogP contribution < -0.4 is 4.74 Å². The van der Waals surface area contributed by atoms with Crippen molar-refractivity contribution < 1.29 is 4.74 Å². The lowest BCUT2D eigenvalue weighted by Crippen LogP contribution is -1.96. The van der Waals surface area contributed by atoms with Crippen LogP contribution in [-0.2, 0) is 6.61 Å². The summed E-state index contributed by atoms with van der Waals surface area (Å²) in [4.78, 5) is 8.24. The molecule has 0 aliphatic rings. The Kier molecular flexibility index (Phi) is 3.29. The topological polar surface area (TPSA) is 35.0 Å². The SMILES string of the molecule is Clc1cc(COc2cccc3ncccc23)ccn1. The smallest absolute Gasteiger partial charge is 0.129 e. The summed E-state index contributed by atoms with van der Waals surface area (Å²) in [5.41, 5.74) is 1.91. The summed E-state index contributed by atoms with van der Waals surface area (Å²) in [6.07, 6.45) is 3.44. The Labute approximate surface area is 115 Å². The van der Waals surface area contributed by atoms with E-state index < -0.39 is 0 Å². The molecule has 3 nitrogen and oxygen atoms in total. The summed E-state index contributed by atoms with van der Waals surface area (Å²) in [5.74, 6) is 0.818. The third-order valence-electron chi connectivity index (χ3n) is 2.79. The second-order valence-corrected chi connectivity index (χ2v) is 4.49. The first kappa shape index (κ1) is 11.9. The summed E-state index contributed by atoms with van der Waals surface area (Å²) in [7, 11) is 0. The minimum atomic E-state index is 0.455. The van der Waals surface area contributed by atoms with Gasteiger partial charge in [0.2, 0.25) is 0 Å². The molecule has 0 aliphatic heterocycles. The van der Waals surface area contributed by atoms with Crippen LogP contribution in [0.4, 0.5) is 0 Å². The van der Waals surface area contributed by atoms with Gasteiger partial charge in [-0.1, -0.05) is 17.7 Å². The maximum atomic E-state index is 5.84. The van der Waals surface area contributed by atoms with Crippen molar-refractivity contribution >= 4 is 22.5 Å². The van der Waals surface area contributed by atoms with E-state index in [1.54, 1.807) is 18.5 Å². The number of aromatic nitrogens is 2. The molecule has 0 spiro atoms. The number of rotatable bonds is 3. The normalized spacial score (nSPS) is 10.6. The number of nitrogens with zero attached hydrogens (tertiary/aromatic N) is 2. The van der Waals surface area contributed by atoms with Crippen molar-refractivity contribution in [1.82, 2.24) is 9.97 Å². The predicted molar refractivity (Wildman–Crippen MR) is 75.3 cm³/mol. The molecular formula is C15H11ClN2O. The highest BCUT2D eigenvalue weighted by atomic mass is 35.5. The van der Waals surface area contributed by atoms with E-state index in [9.17, 15) is 0 Å². The van der Waals surface area contributed by atoms with Crippen molar-refractivity contribution in [3.63, 3.8) is 0 Å². The zero-order valence-corrected chi connectivity index (χ0v) is 10.8. The van der Waals surface area contributed by atoms with Gasteiger partial charge in [0.1, 0.15) is 17.5 Å². The van der Waals surface area contributed by atoms with E-state index in [1.165, 1.54) is 0 Å². The van der Waals surface area contributed by atoms with E-state index in [-0.39, 0.29) is 0 Å². The molecule has 0 amide bonds. The van der Waals surface area contributed by atoms with Crippen molar-refractivity contribution in [3.8, 4) is 5.75 Å². The molecule has 0 radical (unpaired) electrons. The van der Waals surface area contributed by atoms with Gasteiger partial charge in [-0.15, -0.1) is 0 Å². The van der Waals surface area contributed by atoms with Gasteiger partial charge in [0, 0.05) is 17.8 Å². The molecule has 0 atom stereocenters. The molecular weight excluding hydrogens is 260 g/mol.